The molecule has 1 aromatic heterocycles. The first-order valence-electron chi connectivity index (χ1n) is 4.61. The Labute approximate surface area is 92.7 Å². The lowest BCUT2D eigenvalue weighted by Crippen LogP contribution is -2.40. The topological polar surface area (TPSA) is 53.2 Å². The fraction of sp³-hybridized carbons (Fsp3) is 0.556. The van der Waals surface area contributed by atoms with Gasteiger partial charge < -0.3 is 13.9 Å². The summed E-state index contributed by atoms with van der Waals surface area (Å²) < 4.78 is 7.77. The van der Waals surface area contributed by atoms with E-state index in [9.17, 15) is 9.59 Å². The minimum absolute atomic E-state index is 0.392. The molecule has 1 heterocycles. The Balaban J connectivity index is 2.67. The molecule has 0 aliphatic carbocycles. The summed E-state index contributed by atoms with van der Waals surface area (Å²) in [6.45, 7) is 1.35. The second-order valence-electron chi connectivity index (χ2n) is 3.05. The minimum Gasteiger partial charge on any atom is -0.379 e. The van der Waals surface area contributed by atoms with Gasteiger partial charge in [0.25, 0.3) is 0 Å². The maximum atomic E-state index is 11.4. The third-order valence-corrected chi connectivity index (χ3v) is 2.13. The van der Waals surface area contributed by atoms with E-state index in [-0.39, 0.29) is 0 Å². The van der Waals surface area contributed by atoms with Gasteiger partial charge in [0.15, 0.2) is 0 Å². The average Bonchev–Trinajstić information content (AvgIpc) is 2.24. The first kappa shape index (κ1) is 12.1. The molecule has 0 fully saturated rings. The van der Waals surface area contributed by atoms with Gasteiger partial charge in [0, 0.05) is 31.7 Å². The lowest BCUT2D eigenvalue weighted by atomic mass is 10.5. The summed E-state index contributed by atoms with van der Waals surface area (Å²) in [5.41, 5.74) is -1.04. The fourth-order valence-electron chi connectivity index (χ4n) is 1.10. The lowest BCUT2D eigenvalue weighted by molar-refractivity contribution is 0.140. The van der Waals surface area contributed by atoms with Crippen molar-refractivity contribution in [2.45, 2.75) is 6.54 Å². The van der Waals surface area contributed by atoms with E-state index in [0.717, 1.165) is 0 Å². The monoisotopic (exact) mass is 230 g/mol. The Kier molecular flexibility index (Phi) is 4.64. The summed E-state index contributed by atoms with van der Waals surface area (Å²) in [7, 11) is 1.55. The van der Waals surface area contributed by atoms with Crippen LogP contribution in [0.25, 0.3) is 0 Å². The molecule has 1 rings (SSSR count). The normalized spacial score (nSPS) is 10.5. The fourth-order valence-corrected chi connectivity index (χ4v) is 1.22. The minimum atomic E-state index is -0.522. The Morgan fingerprint density at radius 2 is 2.00 bits per heavy atom. The van der Waals surface area contributed by atoms with Crippen LogP contribution in [0.5, 0.6) is 0 Å². The van der Waals surface area contributed by atoms with Crippen LogP contribution in [0.15, 0.2) is 22.0 Å². The summed E-state index contributed by atoms with van der Waals surface area (Å²) in [6.07, 6.45) is 3.14. The molecule has 0 amide bonds. The highest BCUT2D eigenvalue weighted by atomic mass is 32.1. The number of ether oxygens (including phenoxy) is 1. The molecular weight excluding hydrogens is 216 g/mol. The zero-order chi connectivity index (χ0) is 11.3. The molecule has 0 bridgehead atoms. The molecule has 6 heteroatoms. The van der Waals surface area contributed by atoms with E-state index in [1.165, 1.54) is 9.13 Å². The van der Waals surface area contributed by atoms with Crippen molar-refractivity contribution in [3.05, 3.63) is 33.1 Å². The van der Waals surface area contributed by atoms with Gasteiger partial charge in [0.05, 0.1) is 13.2 Å². The van der Waals surface area contributed by atoms with Gasteiger partial charge in [-0.15, -0.1) is 0 Å². The van der Waals surface area contributed by atoms with E-state index in [1.54, 1.807) is 19.4 Å². The molecule has 0 atom stereocenters. The van der Waals surface area contributed by atoms with Crippen LogP contribution in [0.1, 0.15) is 0 Å². The predicted molar refractivity (Wildman–Crippen MR) is 60.6 cm³/mol. The number of nitrogens with zero attached hydrogens (tertiary/aromatic N) is 2. The van der Waals surface area contributed by atoms with Gasteiger partial charge in [-0.05, 0) is 0 Å². The standard InChI is InChI=1S/C9H14N2O3S/c1-10-2-3-11(9(13)8(10)12)4-5-14-6-7-15/h2-3,15H,4-7H2,1H3. The Hall–Kier alpha value is -1.01. The summed E-state index contributed by atoms with van der Waals surface area (Å²) in [5, 5.41) is 0. The van der Waals surface area contributed by atoms with Crippen molar-refractivity contribution in [1.29, 1.82) is 0 Å². The van der Waals surface area contributed by atoms with Gasteiger partial charge in [0.2, 0.25) is 0 Å². The number of aromatic nitrogens is 2. The molecule has 0 saturated heterocycles. The van der Waals surface area contributed by atoms with Crippen LogP contribution < -0.4 is 11.1 Å². The van der Waals surface area contributed by atoms with Crippen molar-refractivity contribution in [2.24, 2.45) is 7.05 Å². The summed E-state index contributed by atoms with van der Waals surface area (Å²) >= 11 is 3.98. The zero-order valence-electron chi connectivity index (χ0n) is 8.55. The Morgan fingerprint density at radius 1 is 1.27 bits per heavy atom. The van der Waals surface area contributed by atoms with Crippen molar-refractivity contribution in [3.63, 3.8) is 0 Å². The lowest BCUT2D eigenvalue weighted by Gasteiger charge is -2.06. The molecule has 5 nitrogen and oxygen atoms in total. The van der Waals surface area contributed by atoms with Gasteiger partial charge in [-0.25, -0.2) is 0 Å². The molecule has 15 heavy (non-hydrogen) atoms. The quantitative estimate of drug-likeness (QED) is 0.421. The highest BCUT2D eigenvalue weighted by Crippen LogP contribution is 1.83. The van der Waals surface area contributed by atoms with E-state index in [1.807, 2.05) is 0 Å². The average molecular weight is 230 g/mol. The van der Waals surface area contributed by atoms with Crippen molar-refractivity contribution in [3.8, 4) is 0 Å². The zero-order valence-corrected chi connectivity index (χ0v) is 9.44. The maximum Gasteiger partial charge on any atom is 0.316 e. The third kappa shape index (κ3) is 3.24. The molecule has 0 aromatic carbocycles. The Morgan fingerprint density at radius 3 is 2.67 bits per heavy atom. The van der Waals surface area contributed by atoms with Crippen LogP contribution in [0, 0.1) is 0 Å². The molecule has 0 spiro atoms. The van der Waals surface area contributed by atoms with E-state index >= 15 is 0 Å². The SMILES string of the molecule is Cn1ccn(CCOCCS)c(=O)c1=O. The number of hydrogen-bond acceptors (Lipinski definition) is 4. The molecule has 0 aliphatic rings. The maximum absolute atomic E-state index is 11.4. The number of rotatable bonds is 5. The Bertz CT molecular complexity index is 424. The van der Waals surface area contributed by atoms with Crippen LogP contribution in [0.3, 0.4) is 0 Å². The number of thiol groups is 1. The molecule has 0 aliphatic heterocycles. The second-order valence-corrected chi connectivity index (χ2v) is 3.50. The summed E-state index contributed by atoms with van der Waals surface area (Å²) in [4.78, 5) is 22.7. The summed E-state index contributed by atoms with van der Waals surface area (Å²) in [6, 6.07) is 0. The van der Waals surface area contributed by atoms with Crippen molar-refractivity contribution in [1.82, 2.24) is 9.13 Å². The van der Waals surface area contributed by atoms with E-state index < -0.39 is 11.1 Å². The van der Waals surface area contributed by atoms with Crippen LogP contribution in [0.4, 0.5) is 0 Å². The van der Waals surface area contributed by atoms with Crippen LogP contribution in [-0.2, 0) is 18.3 Å². The molecule has 1 aromatic rings. The molecule has 84 valence electrons. The van der Waals surface area contributed by atoms with E-state index in [2.05, 4.69) is 12.6 Å². The van der Waals surface area contributed by atoms with E-state index in [0.29, 0.717) is 25.5 Å². The van der Waals surface area contributed by atoms with Crippen molar-refractivity contribution in [2.75, 3.05) is 19.0 Å². The molecule has 0 N–H and O–H groups in total. The van der Waals surface area contributed by atoms with Gasteiger partial charge >= 0.3 is 11.1 Å². The molecule has 0 unspecified atom stereocenters. The number of hydrogen-bond donors (Lipinski definition) is 1. The molecular formula is C9H14N2O3S. The summed E-state index contributed by atoms with van der Waals surface area (Å²) in [5.74, 6) is 0.644. The van der Waals surface area contributed by atoms with Gasteiger partial charge in [-0.2, -0.15) is 12.6 Å². The first-order chi connectivity index (χ1) is 7.16. The number of aryl methyl sites for hydroxylation is 1. The van der Waals surface area contributed by atoms with Crippen LogP contribution in [0.2, 0.25) is 0 Å². The molecule has 0 radical (unpaired) electrons. The first-order valence-corrected chi connectivity index (χ1v) is 5.24. The van der Waals surface area contributed by atoms with Crippen molar-refractivity contribution >= 4 is 12.6 Å². The van der Waals surface area contributed by atoms with E-state index in [4.69, 9.17) is 4.74 Å². The van der Waals surface area contributed by atoms with Crippen LogP contribution in [-0.4, -0.2) is 28.1 Å². The van der Waals surface area contributed by atoms with Gasteiger partial charge in [-0.1, -0.05) is 0 Å². The molecule has 0 saturated carbocycles. The van der Waals surface area contributed by atoms with Gasteiger partial charge in [-0.3, -0.25) is 9.59 Å². The highest BCUT2D eigenvalue weighted by molar-refractivity contribution is 7.80. The van der Waals surface area contributed by atoms with Crippen LogP contribution >= 0.6 is 12.6 Å². The third-order valence-electron chi connectivity index (χ3n) is 1.95. The second kappa shape index (κ2) is 5.77. The smallest absolute Gasteiger partial charge is 0.316 e. The highest BCUT2D eigenvalue weighted by Gasteiger charge is 2.01. The predicted octanol–water partition coefficient (Wildman–Crippen LogP) is -0.507. The van der Waals surface area contributed by atoms with Crippen molar-refractivity contribution < 1.29 is 4.74 Å². The largest absolute Gasteiger partial charge is 0.379 e. The van der Waals surface area contributed by atoms with Gasteiger partial charge in [0.1, 0.15) is 0 Å².